The highest BCUT2D eigenvalue weighted by Gasteiger charge is 2.23. The van der Waals surface area contributed by atoms with Crippen molar-refractivity contribution < 1.29 is 13.6 Å². The van der Waals surface area contributed by atoms with Crippen LogP contribution in [-0.4, -0.2) is 62.5 Å². The van der Waals surface area contributed by atoms with Crippen LogP contribution in [0.5, 0.6) is 0 Å². The smallest absolute Gasteiger partial charge is 0.293 e. The van der Waals surface area contributed by atoms with Crippen molar-refractivity contribution in [2.75, 3.05) is 27.2 Å². The van der Waals surface area contributed by atoms with E-state index in [9.17, 15) is 13.6 Å². The Hall–Kier alpha value is -2.94. The number of likely N-dealkylation sites (N-methyl/N-ethyl adjacent to an activating group) is 1. The van der Waals surface area contributed by atoms with Crippen LogP contribution in [0.25, 0.3) is 5.78 Å². The van der Waals surface area contributed by atoms with Gasteiger partial charge < -0.3 is 9.80 Å². The van der Waals surface area contributed by atoms with Gasteiger partial charge in [-0.15, -0.1) is 5.10 Å². The van der Waals surface area contributed by atoms with Gasteiger partial charge in [-0.1, -0.05) is 6.07 Å². The molecule has 0 saturated carbocycles. The molecule has 0 fully saturated rings. The summed E-state index contributed by atoms with van der Waals surface area (Å²) >= 11 is 0. The maximum Gasteiger partial charge on any atom is 0.293 e. The molecule has 0 aliphatic carbocycles. The molecule has 0 spiro atoms. The van der Waals surface area contributed by atoms with Gasteiger partial charge in [0.1, 0.15) is 11.6 Å². The molecule has 0 atom stereocenters. The molecule has 3 rings (SSSR count). The molecule has 0 aliphatic rings. The fourth-order valence-electron chi connectivity index (χ4n) is 2.57. The Kier molecular flexibility index (Phi) is 5.41. The van der Waals surface area contributed by atoms with Crippen molar-refractivity contribution in [2.24, 2.45) is 0 Å². The molecule has 0 radical (unpaired) electrons. The average molecular weight is 374 g/mol. The Morgan fingerprint density at radius 1 is 1.19 bits per heavy atom. The van der Waals surface area contributed by atoms with E-state index >= 15 is 0 Å². The van der Waals surface area contributed by atoms with Crippen LogP contribution in [0.4, 0.5) is 8.78 Å². The Labute approximate surface area is 155 Å². The van der Waals surface area contributed by atoms with Crippen molar-refractivity contribution in [3.05, 3.63) is 59.2 Å². The molecule has 0 unspecified atom stereocenters. The number of amides is 1. The molecule has 0 aliphatic heterocycles. The van der Waals surface area contributed by atoms with Gasteiger partial charge in [-0.05, 0) is 33.2 Å². The first-order chi connectivity index (χ1) is 12.8. The number of fused-ring (bicyclic) bond motifs is 1. The Balaban J connectivity index is 1.90. The molecule has 3 aromatic rings. The Morgan fingerprint density at radius 3 is 2.63 bits per heavy atom. The lowest BCUT2D eigenvalue weighted by Crippen LogP contribution is -2.37. The first kappa shape index (κ1) is 18.8. The Morgan fingerprint density at radius 2 is 1.96 bits per heavy atom. The molecule has 0 N–H and O–H groups in total. The van der Waals surface area contributed by atoms with Gasteiger partial charge in [-0.3, -0.25) is 4.79 Å². The minimum atomic E-state index is -0.696. The zero-order chi connectivity index (χ0) is 19.6. The van der Waals surface area contributed by atoms with Crippen molar-refractivity contribution in [2.45, 2.75) is 13.5 Å². The van der Waals surface area contributed by atoms with E-state index in [0.717, 1.165) is 11.8 Å². The van der Waals surface area contributed by atoms with Crippen LogP contribution in [0.2, 0.25) is 0 Å². The summed E-state index contributed by atoms with van der Waals surface area (Å²) < 4.78 is 28.7. The number of halogens is 2. The molecule has 27 heavy (non-hydrogen) atoms. The second kappa shape index (κ2) is 7.75. The summed E-state index contributed by atoms with van der Waals surface area (Å²) in [7, 11) is 3.75. The number of hydrogen-bond acceptors (Lipinski definition) is 5. The number of hydrogen-bond donors (Lipinski definition) is 0. The van der Waals surface area contributed by atoms with Crippen molar-refractivity contribution in [3.63, 3.8) is 0 Å². The molecule has 2 aromatic heterocycles. The highest BCUT2D eigenvalue weighted by atomic mass is 19.1. The van der Waals surface area contributed by atoms with Gasteiger partial charge in [0.25, 0.3) is 11.7 Å². The van der Waals surface area contributed by atoms with Gasteiger partial charge >= 0.3 is 0 Å². The van der Waals surface area contributed by atoms with Crippen LogP contribution in [-0.2, 0) is 6.54 Å². The topological polar surface area (TPSA) is 66.6 Å². The molecule has 0 bridgehead atoms. The van der Waals surface area contributed by atoms with E-state index in [1.54, 1.807) is 12.3 Å². The zero-order valence-corrected chi connectivity index (χ0v) is 15.4. The summed E-state index contributed by atoms with van der Waals surface area (Å²) in [6, 6.07) is 5.07. The lowest BCUT2D eigenvalue weighted by atomic mass is 10.2. The standard InChI is InChI=1S/C18H20F2N6O/c1-12-6-7-21-18-22-16(23-26(12)18)17(27)25(9-8-24(2)3)11-13-4-5-14(19)10-15(13)20/h4-7,10H,8-9,11H2,1-3H3. The van der Waals surface area contributed by atoms with Gasteiger partial charge in [0.15, 0.2) is 0 Å². The molecule has 1 aromatic carbocycles. The number of aryl methyl sites for hydroxylation is 1. The Bertz CT molecular complexity index is 972. The highest BCUT2D eigenvalue weighted by molar-refractivity contribution is 5.90. The van der Waals surface area contributed by atoms with Gasteiger partial charge in [0, 0.05) is 43.2 Å². The number of nitrogens with zero attached hydrogens (tertiary/aromatic N) is 6. The second-order valence-electron chi connectivity index (χ2n) is 6.50. The second-order valence-corrected chi connectivity index (χ2v) is 6.50. The third kappa shape index (κ3) is 4.25. The maximum absolute atomic E-state index is 14.1. The van der Waals surface area contributed by atoms with Crippen LogP contribution in [0.15, 0.2) is 30.5 Å². The predicted molar refractivity (Wildman–Crippen MR) is 95.2 cm³/mol. The first-order valence-corrected chi connectivity index (χ1v) is 8.41. The largest absolute Gasteiger partial charge is 0.330 e. The molecule has 0 saturated heterocycles. The van der Waals surface area contributed by atoms with E-state index in [1.807, 2.05) is 25.9 Å². The summed E-state index contributed by atoms with van der Waals surface area (Å²) in [4.78, 5) is 24.6. The molecular weight excluding hydrogens is 354 g/mol. The summed E-state index contributed by atoms with van der Waals surface area (Å²) in [6.45, 7) is 2.72. The van der Waals surface area contributed by atoms with E-state index < -0.39 is 17.5 Å². The number of aromatic nitrogens is 4. The van der Waals surface area contributed by atoms with Crippen LogP contribution in [0.1, 0.15) is 21.9 Å². The molecule has 2 heterocycles. The third-order valence-corrected chi connectivity index (χ3v) is 4.10. The summed E-state index contributed by atoms with van der Waals surface area (Å²) in [6.07, 6.45) is 1.59. The number of carbonyl (C=O) groups is 1. The molecule has 7 nitrogen and oxygen atoms in total. The van der Waals surface area contributed by atoms with Crippen molar-refractivity contribution in [3.8, 4) is 0 Å². The van der Waals surface area contributed by atoms with E-state index in [4.69, 9.17) is 0 Å². The average Bonchev–Trinajstić information content (AvgIpc) is 3.05. The minimum Gasteiger partial charge on any atom is -0.330 e. The van der Waals surface area contributed by atoms with Crippen LogP contribution >= 0.6 is 0 Å². The van der Waals surface area contributed by atoms with Gasteiger partial charge in [-0.2, -0.15) is 4.98 Å². The minimum absolute atomic E-state index is 0.0131. The highest BCUT2D eigenvalue weighted by Crippen LogP contribution is 2.14. The normalized spacial score (nSPS) is 11.3. The van der Waals surface area contributed by atoms with Gasteiger partial charge in [0.05, 0.1) is 0 Å². The van der Waals surface area contributed by atoms with Crippen molar-refractivity contribution >= 4 is 11.7 Å². The van der Waals surface area contributed by atoms with E-state index in [1.165, 1.54) is 21.5 Å². The number of benzene rings is 1. The van der Waals surface area contributed by atoms with Crippen molar-refractivity contribution in [1.29, 1.82) is 0 Å². The first-order valence-electron chi connectivity index (χ1n) is 8.41. The fourth-order valence-corrected chi connectivity index (χ4v) is 2.57. The van der Waals surface area contributed by atoms with E-state index in [-0.39, 0.29) is 17.9 Å². The molecular formula is C18H20F2N6O. The number of carbonyl (C=O) groups excluding carboxylic acids is 1. The van der Waals surface area contributed by atoms with Crippen molar-refractivity contribution in [1.82, 2.24) is 29.4 Å². The lowest BCUT2D eigenvalue weighted by Gasteiger charge is -2.23. The van der Waals surface area contributed by atoms with E-state index in [0.29, 0.717) is 18.9 Å². The summed E-state index contributed by atoms with van der Waals surface area (Å²) in [5, 5.41) is 4.22. The fraction of sp³-hybridized carbons (Fsp3) is 0.333. The van der Waals surface area contributed by atoms with E-state index in [2.05, 4.69) is 15.1 Å². The zero-order valence-electron chi connectivity index (χ0n) is 15.4. The van der Waals surface area contributed by atoms with Gasteiger partial charge in [0.2, 0.25) is 5.82 Å². The quantitative estimate of drug-likeness (QED) is 0.659. The number of rotatable bonds is 6. The monoisotopic (exact) mass is 374 g/mol. The van der Waals surface area contributed by atoms with Crippen LogP contribution in [0, 0.1) is 18.6 Å². The lowest BCUT2D eigenvalue weighted by molar-refractivity contribution is 0.0718. The summed E-state index contributed by atoms with van der Waals surface area (Å²) in [5.41, 5.74) is 1.01. The SMILES string of the molecule is Cc1ccnc2nc(C(=O)N(CCN(C)C)Cc3ccc(F)cc3F)nn12. The predicted octanol–water partition coefficient (Wildman–Crippen LogP) is 1.91. The molecule has 142 valence electrons. The van der Waals surface area contributed by atoms with Crippen LogP contribution in [0.3, 0.4) is 0 Å². The van der Waals surface area contributed by atoms with Crippen LogP contribution < -0.4 is 0 Å². The summed E-state index contributed by atoms with van der Waals surface area (Å²) in [5.74, 6) is -1.49. The molecule has 1 amide bonds. The molecule has 9 heteroatoms. The third-order valence-electron chi connectivity index (χ3n) is 4.10. The van der Waals surface area contributed by atoms with Gasteiger partial charge in [-0.25, -0.2) is 18.3 Å². The maximum atomic E-state index is 14.1.